The lowest BCUT2D eigenvalue weighted by Gasteiger charge is -2.16. The summed E-state index contributed by atoms with van der Waals surface area (Å²) in [7, 11) is 0. The molecule has 0 aliphatic rings. The molecule has 0 saturated carbocycles. The van der Waals surface area contributed by atoms with Crippen LogP contribution in [0.4, 0.5) is 5.69 Å². The van der Waals surface area contributed by atoms with Crippen LogP contribution in [0, 0.1) is 6.92 Å². The molecular formula is C16H18N2O2S. The fourth-order valence-corrected chi connectivity index (χ4v) is 2.84. The lowest BCUT2D eigenvalue weighted by atomic mass is 10.1. The molecular weight excluding hydrogens is 284 g/mol. The van der Waals surface area contributed by atoms with Crippen molar-refractivity contribution in [2.75, 3.05) is 5.32 Å². The van der Waals surface area contributed by atoms with Crippen molar-refractivity contribution < 1.29 is 9.59 Å². The Morgan fingerprint density at radius 2 is 1.95 bits per heavy atom. The number of para-hydroxylation sites is 1. The lowest BCUT2D eigenvalue weighted by Crippen LogP contribution is -2.29. The average Bonchev–Trinajstić information content (AvgIpc) is 2.94. The monoisotopic (exact) mass is 302 g/mol. The maximum atomic E-state index is 12.2. The van der Waals surface area contributed by atoms with Crippen molar-refractivity contribution in [3.05, 3.63) is 52.2 Å². The van der Waals surface area contributed by atoms with Crippen LogP contribution in [0.15, 0.2) is 41.8 Å². The van der Waals surface area contributed by atoms with Crippen LogP contribution in [0.1, 0.15) is 29.8 Å². The van der Waals surface area contributed by atoms with Gasteiger partial charge in [0.15, 0.2) is 0 Å². The van der Waals surface area contributed by atoms with Crippen LogP contribution in [0.2, 0.25) is 0 Å². The third-order valence-corrected chi connectivity index (χ3v) is 4.06. The summed E-state index contributed by atoms with van der Waals surface area (Å²) >= 11 is 1.53. The molecule has 0 spiro atoms. The zero-order valence-corrected chi connectivity index (χ0v) is 12.9. The van der Waals surface area contributed by atoms with E-state index in [-0.39, 0.29) is 24.3 Å². The molecule has 0 unspecified atom stereocenters. The number of benzene rings is 1. The first-order valence-corrected chi connectivity index (χ1v) is 7.60. The van der Waals surface area contributed by atoms with Crippen molar-refractivity contribution in [1.82, 2.24) is 5.32 Å². The highest BCUT2D eigenvalue weighted by atomic mass is 32.1. The fraction of sp³-hybridized carbons (Fsp3) is 0.250. The number of carbonyl (C=O) groups excluding carboxylic acids is 2. The van der Waals surface area contributed by atoms with E-state index in [2.05, 4.69) is 10.6 Å². The number of aryl methyl sites for hydroxylation is 1. The Bertz CT molecular complexity index is 623. The minimum atomic E-state index is -0.286. The zero-order valence-electron chi connectivity index (χ0n) is 12.1. The minimum absolute atomic E-state index is 0.114. The first-order chi connectivity index (χ1) is 10.1. The molecule has 1 aromatic heterocycles. The molecule has 110 valence electrons. The predicted octanol–water partition coefficient (Wildman–Crippen LogP) is 3.26. The van der Waals surface area contributed by atoms with Crippen molar-refractivity contribution in [3.8, 4) is 0 Å². The van der Waals surface area contributed by atoms with Crippen molar-refractivity contribution in [1.29, 1.82) is 0 Å². The molecule has 1 heterocycles. The standard InChI is InChI=1S/C16H18N2O2S/c1-11-6-3-4-7-13(11)18-16(20)10-14(17-12(2)19)15-8-5-9-21-15/h3-9,14H,10H2,1-2H3,(H,17,19)(H,18,20)/t14-/m1/s1. The number of hydrogen-bond donors (Lipinski definition) is 2. The molecule has 21 heavy (non-hydrogen) atoms. The van der Waals surface area contributed by atoms with Gasteiger partial charge in [-0.05, 0) is 30.0 Å². The number of thiophene rings is 1. The second-order valence-electron chi connectivity index (χ2n) is 4.84. The van der Waals surface area contributed by atoms with E-state index in [1.54, 1.807) is 0 Å². The third kappa shape index (κ3) is 4.43. The van der Waals surface area contributed by atoms with E-state index >= 15 is 0 Å². The van der Waals surface area contributed by atoms with Crippen LogP contribution < -0.4 is 10.6 Å². The molecule has 0 fully saturated rings. The maximum Gasteiger partial charge on any atom is 0.226 e. The molecule has 2 rings (SSSR count). The van der Waals surface area contributed by atoms with Gasteiger partial charge in [0.2, 0.25) is 11.8 Å². The van der Waals surface area contributed by atoms with E-state index in [1.165, 1.54) is 18.3 Å². The van der Waals surface area contributed by atoms with Gasteiger partial charge in [0.1, 0.15) is 0 Å². The number of carbonyl (C=O) groups is 2. The Kier molecular flexibility index (Phi) is 5.11. The summed E-state index contributed by atoms with van der Waals surface area (Å²) < 4.78 is 0. The highest BCUT2D eigenvalue weighted by molar-refractivity contribution is 7.10. The van der Waals surface area contributed by atoms with Gasteiger partial charge >= 0.3 is 0 Å². The zero-order chi connectivity index (χ0) is 15.2. The fourth-order valence-electron chi connectivity index (χ4n) is 2.06. The molecule has 0 saturated heterocycles. The molecule has 0 aliphatic heterocycles. The summed E-state index contributed by atoms with van der Waals surface area (Å²) in [5, 5.41) is 7.65. The molecule has 1 aromatic carbocycles. The molecule has 5 heteroatoms. The molecule has 0 aliphatic carbocycles. The molecule has 2 aromatic rings. The summed E-state index contributed by atoms with van der Waals surface area (Å²) in [6.07, 6.45) is 0.217. The molecule has 2 amide bonds. The number of nitrogens with one attached hydrogen (secondary N) is 2. The van der Waals surface area contributed by atoms with Crippen LogP contribution in [0.3, 0.4) is 0 Å². The van der Waals surface area contributed by atoms with Gasteiger partial charge in [-0.25, -0.2) is 0 Å². The minimum Gasteiger partial charge on any atom is -0.348 e. The van der Waals surface area contributed by atoms with Crippen molar-refractivity contribution in [3.63, 3.8) is 0 Å². The molecule has 1 atom stereocenters. The predicted molar refractivity (Wildman–Crippen MR) is 85.3 cm³/mol. The van der Waals surface area contributed by atoms with Crippen LogP contribution in [0.5, 0.6) is 0 Å². The van der Waals surface area contributed by atoms with Gasteiger partial charge in [-0.2, -0.15) is 0 Å². The number of anilines is 1. The summed E-state index contributed by atoms with van der Waals surface area (Å²) in [6, 6.07) is 11.2. The van der Waals surface area contributed by atoms with Gasteiger partial charge in [0, 0.05) is 17.5 Å². The topological polar surface area (TPSA) is 58.2 Å². The summed E-state index contributed by atoms with van der Waals surface area (Å²) in [5.74, 6) is -0.256. The molecule has 0 bridgehead atoms. The second-order valence-corrected chi connectivity index (χ2v) is 5.82. The highest BCUT2D eigenvalue weighted by Gasteiger charge is 2.18. The van der Waals surface area contributed by atoms with Gasteiger partial charge in [0.05, 0.1) is 12.5 Å². The van der Waals surface area contributed by atoms with E-state index in [4.69, 9.17) is 0 Å². The Hall–Kier alpha value is -2.14. The van der Waals surface area contributed by atoms with E-state index in [0.29, 0.717) is 0 Å². The van der Waals surface area contributed by atoms with Gasteiger partial charge in [-0.15, -0.1) is 11.3 Å². The third-order valence-electron chi connectivity index (χ3n) is 3.07. The molecule has 2 N–H and O–H groups in total. The van der Waals surface area contributed by atoms with Gasteiger partial charge in [-0.1, -0.05) is 24.3 Å². The Morgan fingerprint density at radius 3 is 2.57 bits per heavy atom. The van der Waals surface area contributed by atoms with E-state index in [1.807, 2.05) is 48.7 Å². The van der Waals surface area contributed by atoms with E-state index in [0.717, 1.165) is 16.1 Å². The SMILES string of the molecule is CC(=O)N[C@H](CC(=O)Nc1ccccc1C)c1cccs1. The smallest absolute Gasteiger partial charge is 0.226 e. The largest absolute Gasteiger partial charge is 0.348 e. The van der Waals surface area contributed by atoms with Crippen LogP contribution in [0.25, 0.3) is 0 Å². The summed E-state index contributed by atoms with van der Waals surface area (Å²) in [5.41, 5.74) is 1.81. The van der Waals surface area contributed by atoms with Crippen molar-refractivity contribution in [2.24, 2.45) is 0 Å². The highest BCUT2D eigenvalue weighted by Crippen LogP contribution is 2.23. The average molecular weight is 302 g/mol. The second kappa shape index (κ2) is 7.04. The first kappa shape index (κ1) is 15.3. The van der Waals surface area contributed by atoms with Crippen LogP contribution in [-0.2, 0) is 9.59 Å². The Balaban J connectivity index is 2.05. The number of amides is 2. The van der Waals surface area contributed by atoms with Crippen molar-refractivity contribution in [2.45, 2.75) is 26.3 Å². The quantitative estimate of drug-likeness (QED) is 0.890. The van der Waals surface area contributed by atoms with Crippen LogP contribution >= 0.6 is 11.3 Å². The van der Waals surface area contributed by atoms with Gasteiger partial charge < -0.3 is 10.6 Å². The maximum absolute atomic E-state index is 12.2. The van der Waals surface area contributed by atoms with Crippen LogP contribution in [-0.4, -0.2) is 11.8 Å². The first-order valence-electron chi connectivity index (χ1n) is 6.72. The lowest BCUT2D eigenvalue weighted by molar-refractivity contribution is -0.120. The van der Waals surface area contributed by atoms with E-state index < -0.39 is 0 Å². The Labute approximate surface area is 128 Å². The molecule has 0 radical (unpaired) electrons. The van der Waals surface area contributed by atoms with Gasteiger partial charge in [0.25, 0.3) is 0 Å². The van der Waals surface area contributed by atoms with E-state index in [9.17, 15) is 9.59 Å². The number of rotatable bonds is 5. The van der Waals surface area contributed by atoms with Crippen molar-refractivity contribution >= 4 is 28.8 Å². The Morgan fingerprint density at radius 1 is 1.19 bits per heavy atom. The normalized spacial score (nSPS) is 11.7. The summed E-state index contributed by atoms with van der Waals surface area (Å²) in [4.78, 5) is 24.5. The number of hydrogen-bond acceptors (Lipinski definition) is 3. The van der Waals surface area contributed by atoms with Gasteiger partial charge in [-0.3, -0.25) is 9.59 Å². The molecule has 4 nitrogen and oxygen atoms in total. The summed E-state index contributed by atoms with van der Waals surface area (Å²) in [6.45, 7) is 3.40.